The van der Waals surface area contributed by atoms with Crippen molar-refractivity contribution in [2.24, 2.45) is 5.73 Å². The van der Waals surface area contributed by atoms with Crippen molar-refractivity contribution < 1.29 is 4.39 Å². The summed E-state index contributed by atoms with van der Waals surface area (Å²) in [4.78, 5) is 2.28. The van der Waals surface area contributed by atoms with Gasteiger partial charge in [-0.15, -0.1) is 0 Å². The molecule has 0 saturated heterocycles. The quantitative estimate of drug-likeness (QED) is 0.872. The number of benzene rings is 2. The van der Waals surface area contributed by atoms with Crippen LogP contribution in [0.2, 0.25) is 0 Å². The van der Waals surface area contributed by atoms with E-state index in [1.54, 1.807) is 0 Å². The molecule has 0 amide bonds. The Morgan fingerprint density at radius 2 is 1.85 bits per heavy atom. The predicted molar refractivity (Wildman–Crippen MR) is 82.3 cm³/mol. The Morgan fingerprint density at radius 3 is 2.50 bits per heavy atom. The van der Waals surface area contributed by atoms with E-state index in [9.17, 15) is 4.39 Å². The number of hydrogen-bond acceptors (Lipinski definition) is 2. The van der Waals surface area contributed by atoms with E-state index in [0.717, 1.165) is 25.1 Å². The number of rotatable bonds is 6. The zero-order chi connectivity index (χ0) is 14.4. The summed E-state index contributed by atoms with van der Waals surface area (Å²) in [6, 6.07) is 15.1. The maximum Gasteiger partial charge on any atom is 0.123 e. The molecular formula is C17H21FN2. The van der Waals surface area contributed by atoms with Crippen LogP contribution in [-0.2, 0) is 6.54 Å². The van der Waals surface area contributed by atoms with Crippen molar-refractivity contribution in [1.82, 2.24) is 0 Å². The first kappa shape index (κ1) is 14.5. The van der Waals surface area contributed by atoms with Crippen molar-refractivity contribution >= 4 is 5.69 Å². The highest BCUT2D eigenvalue weighted by molar-refractivity contribution is 5.49. The van der Waals surface area contributed by atoms with Crippen LogP contribution in [0.3, 0.4) is 0 Å². The lowest BCUT2D eigenvalue weighted by Crippen LogP contribution is -2.25. The Bertz CT molecular complexity index is 537. The smallest absolute Gasteiger partial charge is 0.123 e. The van der Waals surface area contributed by atoms with E-state index in [0.29, 0.717) is 6.54 Å². The topological polar surface area (TPSA) is 29.3 Å². The van der Waals surface area contributed by atoms with Crippen LogP contribution in [0.25, 0.3) is 0 Å². The Kier molecular flexibility index (Phi) is 5.13. The molecule has 0 fully saturated rings. The molecule has 0 aliphatic rings. The van der Waals surface area contributed by atoms with E-state index in [2.05, 4.69) is 36.1 Å². The Balaban J connectivity index is 2.16. The minimum atomic E-state index is -0.196. The van der Waals surface area contributed by atoms with Gasteiger partial charge in [-0.05, 0) is 55.3 Å². The molecule has 20 heavy (non-hydrogen) atoms. The number of nitrogens with zero attached hydrogens (tertiary/aromatic N) is 1. The standard InChI is InChI=1S/C17H21FN2/c1-14-4-2-5-17(12-14)20(11-3-10-19)13-15-6-8-16(18)9-7-15/h2,4-9,12H,3,10-11,13,19H2,1H3. The van der Waals surface area contributed by atoms with Gasteiger partial charge >= 0.3 is 0 Å². The zero-order valence-corrected chi connectivity index (χ0v) is 11.8. The highest BCUT2D eigenvalue weighted by atomic mass is 19.1. The summed E-state index contributed by atoms with van der Waals surface area (Å²) in [5.74, 6) is -0.196. The van der Waals surface area contributed by atoms with Crippen LogP contribution < -0.4 is 10.6 Å². The third-order valence-electron chi connectivity index (χ3n) is 3.29. The lowest BCUT2D eigenvalue weighted by molar-refractivity contribution is 0.626. The molecule has 0 spiro atoms. The van der Waals surface area contributed by atoms with E-state index >= 15 is 0 Å². The highest BCUT2D eigenvalue weighted by Crippen LogP contribution is 2.19. The largest absolute Gasteiger partial charge is 0.367 e. The van der Waals surface area contributed by atoms with Gasteiger partial charge in [0, 0.05) is 18.8 Å². The summed E-state index contributed by atoms with van der Waals surface area (Å²) in [5, 5.41) is 0. The van der Waals surface area contributed by atoms with E-state index in [1.807, 2.05) is 12.1 Å². The summed E-state index contributed by atoms with van der Waals surface area (Å²) >= 11 is 0. The third kappa shape index (κ3) is 4.07. The van der Waals surface area contributed by atoms with Crippen molar-refractivity contribution in [1.29, 1.82) is 0 Å². The molecule has 2 rings (SSSR count). The molecule has 3 heteroatoms. The summed E-state index contributed by atoms with van der Waals surface area (Å²) in [6.07, 6.45) is 0.940. The molecule has 0 saturated carbocycles. The molecule has 0 aliphatic carbocycles. The SMILES string of the molecule is Cc1cccc(N(CCCN)Cc2ccc(F)cc2)c1. The zero-order valence-electron chi connectivity index (χ0n) is 11.8. The van der Waals surface area contributed by atoms with Crippen molar-refractivity contribution in [2.45, 2.75) is 19.9 Å². The van der Waals surface area contributed by atoms with E-state index < -0.39 is 0 Å². The number of hydrogen-bond donors (Lipinski definition) is 1. The second-order valence-electron chi connectivity index (χ2n) is 5.03. The van der Waals surface area contributed by atoms with Gasteiger partial charge in [-0.3, -0.25) is 0 Å². The normalized spacial score (nSPS) is 10.6. The number of nitrogens with two attached hydrogens (primary N) is 1. The second kappa shape index (κ2) is 7.06. The number of aryl methyl sites for hydroxylation is 1. The molecule has 0 radical (unpaired) electrons. The molecule has 2 aromatic carbocycles. The van der Waals surface area contributed by atoms with Crippen LogP contribution in [0.4, 0.5) is 10.1 Å². The van der Waals surface area contributed by atoms with Crippen molar-refractivity contribution in [3.63, 3.8) is 0 Å². The molecule has 2 N–H and O–H groups in total. The maximum absolute atomic E-state index is 13.0. The minimum absolute atomic E-state index is 0.196. The van der Waals surface area contributed by atoms with Crippen LogP contribution in [0, 0.1) is 12.7 Å². The van der Waals surface area contributed by atoms with E-state index in [1.165, 1.54) is 23.4 Å². The third-order valence-corrected chi connectivity index (χ3v) is 3.29. The van der Waals surface area contributed by atoms with Gasteiger partial charge in [0.25, 0.3) is 0 Å². The van der Waals surface area contributed by atoms with Gasteiger partial charge in [-0.25, -0.2) is 4.39 Å². The van der Waals surface area contributed by atoms with Gasteiger partial charge in [-0.1, -0.05) is 24.3 Å². The second-order valence-corrected chi connectivity index (χ2v) is 5.03. The average molecular weight is 272 g/mol. The molecule has 2 aromatic rings. The molecular weight excluding hydrogens is 251 g/mol. The molecule has 2 nitrogen and oxygen atoms in total. The Labute approximate surface area is 120 Å². The fraction of sp³-hybridized carbons (Fsp3) is 0.294. The summed E-state index contributed by atoms with van der Waals surface area (Å²) in [6.45, 7) is 4.43. The molecule has 0 aromatic heterocycles. The molecule has 0 atom stereocenters. The number of halogens is 1. The molecule has 0 aliphatic heterocycles. The van der Waals surface area contributed by atoms with E-state index in [-0.39, 0.29) is 5.82 Å². The summed E-state index contributed by atoms with van der Waals surface area (Å²) in [7, 11) is 0. The lowest BCUT2D eigenvalue weighted by atomic mass is 10.1. The van der Waals surface area contributed by atoms with Gasteiger partial charge in [0.05, 0.1) is 0 Å². The van der Waals surface area contributed by atoms with Crippen molar-refractivity contribution in [3.8, 4) is 0 Å². The first-order valence-corrected chi connectivity index (χ1v) is 6.95. The fourth-order valence-corrected chi connectivity index (χ4v) is 2.22. The molecule has 0 bridgehead atoms. The number of anilines is 1. The van der Waals surface area contributed by atoms with Crippen LogP contribution in [-0.4, -0.2) is 13.1 Å². The first-order valence-electron chi connectivity index (χ1n) is 6.95. The summed E-state index contributed by atoms with van der Waals surface area (Å²) < 4.78 is 13.0. The van der Waals surface area contributed by atoms with E-state index in [4.69, 9.17) is 5.73 Å². The molecule has 106 valence electrons. The van der Waals surface area contributed by atoms with Crippen LogP contribution in [0.5, 0.6) is 0 Å². The minimum Gasteiger partial charge on any atom is -0.367 e. The van der Waals surface area contributed by atoms with Gasteiger partial charge in [0.1, 0.15) is 5.82 Å². The predicted octanol–water partition coefficient (Wildman–Crippen LogP) is 3.49. The monoisotopic (exact) mass is 272 g/mol. The van der Waals surface area contributed by atoms with Gasteiger partial charge in [0.2, 0.25) is 0 Å². The van der Waals surface area contributed by atoms with Crippen molar-refractivity contribution in [2.75, 3.05) is 18.0 Å². The molecule has 0 unspecified atom stereocenters. The molecule has 0 heterocycles. The Morgan fingerprint density at radius 1 is 1.10 bits per heavy atom. The van der Waals surface area contributed by atoms with Crippen LogP contribution in [0.15, 0.2) is 48.5 Å². The van der Waals surface area contributed by atoms with Crippen molar-refractivity contribution in [3.05, 3.63) is 65.5 Å². The van der Waals surface area contributed by atoms with Gasteiger partial charge in [0.15, 0.2) is 0 Å². The van der Waals surface area contributed by atoms with Crippen LogP contribution >= 0.6 is 0 Å². The van der Waals surface area contributed by atoms with Crippen LogP contribution in [0.1, 0.15) is 17.5 Å². The van der Waals surface area contributed by atoms with Gasteiger partial charge < -0.3 is 10.6 Å². The highest BCUT2D eigenvalue weighted by Gasteiger charge is 2.07. The Hall–Kier alpha value is -1.87. The summed E-state index contributed by atoms with van der Waals surface area (Å²) in [5.41, 5.74) is 9.14. The average Bonchev–Trinajstić information content (AvgIpc) is 2.45. The van der Waals surface area contributed by atoms with Gasteiger partial charge in [-0.2, -0.15) is 0 Å². The fourth-order valence-electron chi connectivity index (χ4n) is 2.22. The maximum atomic E-state index is 13.0. The first-order chi connectivity index (χ1) is 9.69. The lowest BCUT2D eigenvalue weighted by Gasteiger charge is -2.25.